The Labute approximate surface area is 111 Å². The van der Waals surface area contributed by atoms with Gasteiger partial charge in [-0.2, -0.15) is 4.98 Å². The standard InChI is InChI=1S/C15H16N2O2/c1-2-4-12-11(3-1)13-5-8-19-15(13)16-14(12)17-6-9-18-10-7-17/h1-4H,5-10H2. The van der Waals surface area contributed by atoms with E-state index in [9.17, 15) is 0 Å². The lowest BCUT2D eigenvalue weighted by Crippen LogP contribution is -2.36. The highest BCUT2D eigenvalue weighted by molar-refractivity contribution is 5.96. The van der Waals surface area contributed by atoms with Crippen LogP contribution in [0.4, 0.5) is 5.82 Å². The summed E-state index contributed by atoms with van der Waals surface area (Å²) in [6.45, 7) is 4.09. The summed E-state index contributed by atoms with van der Waals surface area (Å²) in [5.74, 6) is 1.86. The molecule has 0 amide bonds. The summed E-state index contributed by atoms with van der Waals surface area (Å²) in [7, 11) is 0. The number of benzene rings is 1. The highest BCUT2D eigenvalue weighted by atomic mass is 16.5. The van der Waals surface area contributed by atoms with E-state index < -0.39 is 0 Å². The molecule has 0 saturated carbocycles. The van der Waals surface area contributed by atoms with Crippen molar-refractivity contribution in [3.05, 3.63) is 29.8 Å². The third-order valence-electron chi connectivity index (χ3n) is 3.86. The van der Waals surface area contributed by atoms with Gasteiger partial charge in [-0.25, -0.2) is 0 Å². The molecule has 0 bridgehead atoms. The fraction of sp³-hybridized carbons (Fsp3) is 0.400. The number of rotatable bonds is 1. The number of aromatic nitrogens is 1. The van der Waals surface area contributed by atoms with Crippen molar-refractivity contribution in [1.82, 2.24) is 4.98 Å². The number of fused-ring (bicyclic) bond motifs is 3. The van der Waals surface area contributed by atoms with Gasteiger partial charge < -0.3 is 14.4 Å². The second-order valence-corrected chi connectivity index (χ2v) is 4.96. The van der Waals surface area contributed by atoms with Crippen LogP contribution in [0.5, 0.6) is 5.88 Å². The topological polar surface area (TPSA) is 34.6 Å². The van der Waals surface area contributed by atoms with E-state index >= 15 is 0 Å². The van der Waals surface area contributed by atoms with E-state index in [2.05, 4.69) is 29.2 Å². The molecule has 19 heavy (non-hydrogen) atoms. The quantitative estimate of drug-likeness (QED) is 0.781. The molecule has 4 rings (SSSR count). The number of ether oxygens (including phenoxy) is 2. The molecule has 3 heterocycles. The van der Waals surface area contributed by atoms with Gasteiger partial charge in [-0.15, -0.1) is 0 Å². The van der Waals surface area contributed by atoms with Gasteiger partial charge in [0.1, 0.15) is 5.82 Å². The van der Waals surface area contributed by atoms with Crippen LogP contribution in [0.3, 0.4) is 0 Å². The molecule has 0 radical (unpaired) electrons. The first kappa shape index (κ1) is 11.1. The normalized spacial score (nSPS) is 18.4. The van der Waals surface area contributed by atoms with Crippen LogP contribution in [0, 0.1) is 0 Å². The zero-order chi connectivity index (χ0) is 12.7. The van der Waals surface area contributed by atoms with Crippen molar-refractivity contribution >= 4 is 16.6 Å². The van der Waals surface area contributed by atoms with Crippen LogP contribution in [-0.4, -0.2) is 37.9 Å². The maximum atomic E-state index is 5.67. The lowest BCUT2D eigenvalue weighted by molar-refractivity contribution is 0.122. The fourth-order valence-electron chi connectivity index (χ4n) is 2.91. The minimum Gasteiger partial charge on any atom is -0.477 e. The second-order valence-electron chi connectivity index (χ2n) is 4.96. The molecule has 2 aliphatic rings. The molecule has 0 spiro atoms. The first-order chi connectivity index (χ1) is 9.43. The summed E-state index contributed by atoms with van der Waals surface area (Å²) in [6, 6.07) is 8.50. The van der Waals surface area contributed by atoms with Gasteiger partial charge in [0.05, 0.1) is 19.8 Å². The molecule has 0 N–H and O–H groups in total. The van der Waals surface area contributed by atoms with Crippen LogP contribution >= 0.6 is 0 Å². The Hall–Kier alpha value is -1.81. The number of anilines is 1. The first-order valence-corrected chi connectivity index (χ1v) is 6.80. The second kappa shape index (κ2) is 4.38. The summed E-state index contributed by atoms with van der Waals surface area (Å²) in [5.41, 5.74) is 1.26. The Morgan fingerprint density at radius 2 is 1.79 bits per heavy atom. The van der Waals surface area contributed by atoms with E-state index in [-0.39, 0.29) is 0 Å². The summed E-state index contributed by atoms with van der Waals surface area (Å²) >= 11 is 0. The third-order valence-corrected chi connectivity index (χ3v) is 3.86. The van der Waals surface area contributed by atoms with E-state index in [4.69, 9.17) is 14.5 Å². The molecule has 0 aliphatic carbocycles. The molecule has 4 nitrogen and oxygen atoms in total. The molecule has 98 valence electrons. The summed E-state index contributed by atoms with van der Waals surface area (Å²) in [4.78, 5) is 7.05. The highest BCUT2D eigenvalue weighted by Crippen LogP contribution is 2.36. The molecular weight excluding hydrogens is 240 g/mol. The maximum Gasteiger partial charge on any atom is 0.219 e. The smallest absolute Gasteiger partial charge is 0.219 e. The van der Waals surface area contributed by atoms with Crippen molar-refractivity contribution in [2.75, 3.05) is 37.8 Å². The van der Waals surface area contributed by atoms with Crippen molar-refractivity contribution in [2.24, 2.45) is 0 Å². The van der Waals surface area contributed by atoms with Gasteiger partial charge in [0.15, 0.2) is 0 Å². The van der Waals surface area contributed by atoms with Gasteiger partial charge in [-0.3, -0.25) is 0 Å². The summed E-state index contributed by atoms with van der Waals surface area (Å²) < 4.78 is 11.1. The fourth-order valence-corrected chi connectivity index (χ4v) is 2.91. The highest BCUT2D eigenvalue weighted by Gasteiger charge is 2.23. The van der Waals surface area contributed by atoms with Gasteiger partial charge in [0.25, 0.3) is 0 Å². The van der Waals surface area contributed by atoms with Crippen molar-refractivity contribution in [1.29, 1.82) is 0 Å². The van der Waals surface area contributed by atoms with Crippen molar-refractivity contribution < 1.29 is 9.47 Å². The average Bonchev–Trinajstić information content (AvgIpc) is 2.96. The predicted molar refractivity (Wildman–Crippen MR) is 74.0 cm³/mol. The van der Waals surface area contributed by atoms with Crippen LogP contribution in [0.25, 0.3) is 10.8 Å². The lowest BCUT2D eigenvalue weighted by Gasteiger charge is -2.29. The van der Waals surface area contributed by atoms with Crippen LogP contribution in [0.15, 0.2) is 24.3 Å². The minimum absolute atomic E-state index is 0.749. The van der Waals surface area contributed by atoms with Crippen LogP contribution in [0.1, 0.15) is 5.56 Å². The first-order valence-electron chi connectivity index (χ1n) is 6.80. The van der Waals surface area contributed by atoms with E-state index in [1.165, 1.54) is 16.3 Å². The van der Waals surface area contributed by atoms with Crippen LogP contribution < -0.4 is 9.64 Å². The molecule has 1 aromatic heterocycles. The predicted octanol–water partition coefficient (Wildman–Crippen LogP) is 2.01. The molecule has 0 unspecified atom stereocenters. The van der Waals surface area contributed by atoms with E-state index in [1.807, 2.05) is 0 Å². The Morgan fingerprint density at radius 1 is 1.00 bits per heavy atom. The van der Waals surface area contributed by atoms with Crippen molar-refractivity contribution in [3.63, 3.8) is 0 Å². The Balaban J connectivity index is 1.92. The molecule has 1 saturated heterocycles. The lowest BCUT2D eigenvalue weighted by atomic mass is 10.0. The summed E-state index contributed by atoms with van der Waals surface area (Å²) in [5, 5.41) is 2.51. The van der Waals surface area contributed by atoms with Crippen LogP contribution in [-0.2, 0) is 11.2 Å². The molecule has 2 aliphatic heterocycles. The van der Waals surface area contributed by atoms with Gasteiger partial charge in [-0.1, -0.05) is 24.3 Å². The average molecular weight is 256 g/mol. The number of hydrogen-bond acceptors (Lipinski definition) is 4. The molecule has 0 atom stereocenters. The Kier molecular flexibility index (Phi) is 2.55. The molecule has 1 fully saturated rings. The zero-order valence-electron chi connectivity index (χ0n) is 10.8. The maximum absolute atomic E-state index is 5.67. The number of morpholine rings is 1. The van der Waals surface area contributed by atoms with Gasteiger partial charge in [-0.05, 0) is 5.39 Å². The van der Waals surface area contributed by atoms with Crippen molar-refractivity contribution in [3.8, 4) is 5.88 Å². The number of pyridine rings is 1. The molecule has 2 aromatic rings. The number of hydrogen-bond donors (Lipinski definition) is 0. The van der Waals surface area contributed by atoms with E-state index in [1.54, 1.807) is 0 Å². The van der Waals surface area contributed by atoms with Crippen LogP contribution in [0.2, 0.25) is 0 Å². The molecular formula is C15H16N2O2. The van der Waals surface area contributed by atoms with E-state index in [0.717, 1.165) is 51.0 Å². The van der Waals surface area contributed by atoms with Gasteiger partial charge in [0, 0.05) is 30.5 Å². The van der Waals surface area contributed by atoms with Crippen molar-refractivity contribution in [2.45, 2.75) is 6.42 Å². The monoisotopic (exact) mass is 256 g/mol. The molecule has 4 heteroatoms. The molecule has 1 aromatic carbocycles. The Bertz CT molecular complexity index is 621. The third kappa shape index (κ3) is 1.75. The SMILES string of the molecule is c1ccc2c3c(nc(N4CCOCC4)c2c1)OCC3. The minimum atomic E-state index is 0.749. The summed E-state index contributed by atoms with van der Waals surface area (Å²) in [6.07, 6.45) is 0.965. The largest absolute Gasteiger partial charge is 0.477 e. The number of nitrogens with zero attached hydrogens (tertiary/aromatic N) is 2. The van der Waals surface area contributed by atoms with Gasteiger partial charge >= 0.3 is 0 Å². The van der Waals surface area contributed by atoms with Gasteiger partial charge in [0.2, 0.25) is 5.88 Å². The zero-order valence-corrected chi connectivity index (χ0v) is 10.8. The van der Waals surface area contributed by atoms with E-state index in [0.29, 0.717) is 0 Å². The Morgan fingerprint density at radius 3 is 2.63 bits per heavy atom.